The van der Waals surface area contributed by atoms with E-state index >= 15 is 0 Å². The zero-order valence-electron chi connectivity index (χ0n) is 12.9. The largest absolute Gasteiger partial charge is 0.309 e. The first kappa shape index (κ1) is 17.1. The van der Waals surface area contributed by atoms with E-state index in [1.807, 2.05) is 24.3 Å². The number of benzene rings is 1. The molecule has 2 N–H and O–H groups in total. The van der Waals surface area contributed by atoms with Crippen molar-refractivity contribution in [2.24, 2.45) is 0 Å². The Labute approximate surface area is 140 Å². The lowest BCUT2D eigenvalue weighted by Gasteiger charge is -2.10. The van der Waals surface area contributed by atoms with Gasteiger partial charge in [-0.15, -0.1) is 24.5 Å². The number of rotatable bonds is 8. The number of nitrogens with one attached hydrogen (secondary N) is 1. The Morgan fingerprint density at radius 3 is 2.83 bits per heavy atom. The second kappa shape index (κ2) is 8.43. The first-order valence-corrected chi connectivity index (χ1v) is 8.09. The molecule has 0 aliphatic heterocycles. The van der Waals surface area contributed by atoms with Gasteiger partial charge in [0.25, 0.3) is 5.91 Å². The summed E-state index contributed by atoms with van der Waals surface area (Å²) in [6, 6.07) is 11.8. The second-order valence-electron chi connectivity index (χ2n) is 4.96. The summed E-state index contributed by atoms with van der Waals surface area (Å²) in [5.41, 5.74) is 2.22. The number of thiophene rings is 1. The lowest BCUT2D eigenvalue weighted by molar-refractivity contribution is -0.0490. The SMILES string of the molecule is C=CCNCc1cccc(-c2ccc(C(=O)N(O)CC=C)s2)c1. The van der Waals surface area contributed by atoms with E-state index in [2.05, 4.69) is 30.6 Å². The summed E-state index contributed by atoms with van der Waals surface area (Å²) in [4.78, 5) is 13.5. The number of hydroxylamine groups is 2. The van der Waals surface area contributed by atoms with Crippen LogP contribution < -0.4 is 5.32 Å². The summed E-state index contributed by atoms with van der Waals surface area (Å²) in [6.07, 6.45) is 3.30. The molecule has 0 fully saturated rings. The van der Waals surface area contributed by atoms with Gasteiger partial charge < -0.3 is 5.32 Å². The summed E-state index contributed by atoms with van der Waals surface area (Å²) >= 11 is 1.36. The first-order chi connectivity index (χ1) is 11.2. The van der Waals surface area contributed by atoms with Gasteiger partial charge in [-0.25, -0.2) is 5.06 Å². The van der Waals surface area contributed by atoms with Gasteiger partial charge in [0, 0.05) is 18.0 Å². The van der Waals surface area contributed by atoms with Crippen LogP contribution in [0.2, 0.25) is 0 Å². The molecule has 1 aromatic heterocycles. The van der Waals surface area contributed by atoms with Gasteiger partial charge in [0.05, 0.1) is 11.4 Å². The smallest absolute Gasteiger partial charge is 0.287 e. The number of carbonyl (C=O) groups is 1. The Morgan fingerprint density at radius 2 is 2.09 bits per heavy atom. The van der Waals surface area contributed by atoms with Crippen LogP contribution in [-0.2, 0) is 6.54 Å². The third-order valence-corrected chi connectivity index (χ3v) is 4.30. The van der Waals surface area contributed by atoms with E-state index in [0.29, 0.717) is 9.94 Å². The number of nitrogens with zero attached hydrogens (tertiary/aromatic N) is 1. The molecule has 0 radical (unpaired) electrons. The molecule has 4 nitrogen and oxygen atoms in total. The molecule has 1 aromatic carbocycles. The molecule has 2 aromatic rings. The highest BCUT2D eigenvalue weighted by Gasteiger charge is 2.15. The predicted octanol–water partition coefficient (Wildman–Crippen LogP) is 3.71. The van der Waals surface area contributed by atoms with Crippen LogP contribution in [0.4, 0.5) is 0 Å². The molecule has 0 saturated carbocycles. The van der Waals surface area contributed by atoms with E-state index in [-0.39, 0.29) is 6.54 Å². The normalized spacial score (nSPS) is 10.3. The first-order valence-electron chi connectivity index (χ1n) is 7.28. The van der Waals surface area contributed by atoms with Crippen molar-refractivity contribution in [3.8, 4) is 10.4 Å². The molecule has 1 amide bonds. The van der Waals surface area contributed by atoms with E-state index in [0.717, 1.165) is 23.5 Å². The minimum Gasteiger partial charge on any atom is -0.309 e. The van der Waals surface area contributed by atoms with Crippen LogP contribution in [0.5, 0.6) is 0 Å². The fourth-order valence-corrected chi connectivity index (χ4v) is 3.04. The van der Waals surface area contributed by atoms with Crippen LogP contribution in [0.15, 0.2) is 61.7 Å². The molecule has 0 aliphatic rings. The standard InChI is InChI=1S/C18H20N2O2S/c1-3-10-19-13-14-6-5-7-15(12-14)16-8-9-17(23-16)18(21)20(22)11-4-2/h3-9,12,19,22H,1-2,10-11,13H2. The summed E-state index contributed by atoms with van der Waals surface area (Å²) in [5.74, 6) is -0.412. The minimum absolute atomic E-state index is 0.108. The predicted molar refractivity (Wildman–Crippen MR) is 94.7 cm³/mol. The molecule has 0 aliphatic carbocycles. The Kier molecular flexibility index (Phi) is 6.29. The van der Waals surface area contributed by atoms with Crippen LogP contribution in [0.3, 0.4) is 0 Å². The second-order valence-corrected chi connectivity index (χ2v) is 6.04. The quantitative estimate of drug-likeness (QED) is 0.336. The third kappa shape index (κ3) is 4.63. The van der Waals surface area contributed by atoms with Crippen molar-refractivity contribution in [3.63, 3.8) is 0 Å². The van der Waals surface area contributed by atoms with Crippen molar-refractivity contribution in [3.05, 3.63) is 72.1 Å². The Morgan fingerprint density at radius 1 is 1.26 bits per heavy atom. The van der Waals surface area contributed by atoms with Gasteiger partial charge >= 0.3 is 0 Å². The van der Waals surface area contributed by atoms with Crippen molar-refractivity contribution in [2.45, 2.75) is 6.54 Å². The molecule has 0 saturated heterocycles. The van der Waals surface area contributed by atoms with E-state index < -0.39 is 5.91 Å². The molecule has 0 atom stereocenters. The van der Waals surface area contributed by atoms with E-state index in [1.165, 1.54) is 23.0 Å². The zero-order chi connectivity index (χ0) is 16.7. The highest BCUT2D eigenvalue weighted by atomic mass is 32.1. The van der Waals surface area contributed by atoms with Crippen LogP contribution in [-0.4, -0.2) is 29.3 Å². The van der Waals surface area contributed by atoms with Gasteiger partial charge in [-0.1, -0.05) is 30.4 Å². The lowest BCUT2D eigenvalue weighted by atomic mass is 10.1. The van der Waals surface area contributed by atoms with Crippen LogP contribution in [0, 0.1) is 0 Å². The van der Waals surface area contributed by atoms with Crippen LogP contribution >= 0.6 is 11.3 Å². The lowest BCUT2D eigenvalue weighted by Crippen LogP contribution is -2.26. The van der Waals surface area contributed by atoms with Crippen molar-refractivity contribution in [1.82, 2.24) is 10.4 Å². The maximum atomic E-state index is 12.0. The molecule has 0 spiro atoms. The third-order valence-electron chi connectivity index (χ3n) is 3.18. The van der Waals surface area contributed by atoms with Gasteiger partial charge in [-0.3, -0.25) is 10.0 Å². The number of amides is 1. The molecule has 0 bridgehead atoms. The molecule has 0 unspecified atom stereocenters. The molecule has 2 rings (SSSR count). The number of hydrogen-bond donors (Lipinski definition) is 2. The van der Waals surface area contributed by atoms with E-state index in [1.54, 1.807) is 6.07 Å². The summed E-state index contributed by atoms with van der Waals surface area (Å²) in [5, 5.41) is 13.5. The fourth-order valence-electron chi connectivity index (χ4n) is 2.09. The monoisotopic (exact) mass is 328 g/mol. The molecule has 1 heterocycles. The van der Waals surface area contributed by atoms with Gasteiger partial charge in [-0.2, -0.15) is 0 Å². The topological polar surface area (TPSA) is 52.6 Å². The van der Waals surface area contributed by atoms with Crippen LogP contribution in [0.1, 0.15) is 15.2 Å². The van der Waals surface area contributed by atoms with Crippen LogP contribution in [0.25, 0.3) is 10.4 Å². The highest BCUT2D eigenvalue weighted by Crippen LogP contribution is 2.29. The summed E-state index contributed by atoms with van der Waals surface area (Å²) < 4.78 is 0. The molecular formula is C18H20N2O2S. The van der Waals surface area contributed by atoms with E-state index in [4.69, 9.17) is 0 Å². The zero-order valence-corrected chi connectivity index (χ0v) is 13.7. The Bertz CT molecular complexity index is 694. The molecular weight excluding hydrogens is 308 g/mol. The highest BCUT2D eigenvalue weighted by molar-refractivity contribution is 7.17. The Balaban J connectivity index is 2.13. The summed E-state index contributed by atoms with van der Waals surface area (Å²) in [7, 11) is 0. The Hall–Kier alpha value is -2.21. The number of hydrogen-bond acceptors (Lipinski definition) is 4. The number of carbonyl (C=O) groups excluding carboxylic acids is 1. The van der Waals surface area contributed by atoms with Crippen molar-refractivity contribution >= 4 is 17.2 Å². The fraction of sp³-hybridized carbons (Fsp3) is 0.167. The van der Waals surface area contributed by atoms with Crippen molar-refractivity contribution in [1.29, 1.82) is 0 Å². The molecule has 23 heavy (non-hydrogen) atoms. The average molecular weight is 328 g/mol. The maximum Gasteiger partial charge on any atom is 0.287 e. The average Bonchev–Trinajstić information content (AvgIpc) is 3.05. The van der Waals surface area contributed by atoms with Crippen molar-refractivity contribution in [2.75, 3.05) is 13.1 Å². The molecule has 5 heteroatoms. The summed E-state index contributed by atoms with van der Waals surface area (Å²) in [6.45, 7) is 8.82. The molecule has 120 valence electrons. The van der Waals surface area contributed by atoms with Gasteiger partial charge in [-0.05, 0) is 29.3 Å². The maximum absolute atomic E-state index is 12.0. The van der Waals surface area contributed by atoms with E-state index in [9.17, 15) is 10.0 Å². The van der Waals surface area contributed by atoms with Gasteiger partial charge in [0.1, 0.15) is 0 Å². The van der Waals surface area contributed by atoms with Gasteiger partial charge in [0.2, 0.25) is 0 Å². The minimum atomic E-state index is -0.412. The van der Waals surface area contributed by atoms with Crippen molar-refractivity contribution < 1.29 is 10.0 Å². The van der Waals surface area contributed by atoms with Gasteiger partial charge in [0.15, 0.2) is 0 Å².